The minimum Gasteiger partial charge on any atom is -0.393 e. The lowest BCUT2D eigenvalue weighted by Gasteiger charge is -2.38. The van der Waals surface area contributed by atoms with E-state index in [2.05, 4.69) is 24.3 Å². The van der Waals surface area contributed by atoms with Crippen molar-refractivity contribution >= 4 is 0 Å². The van der Waals surface area contributed by atoms with Gasteiger partial charge in [-0.1, -0.05) is 12.8 Å². The smallest absolute Gasteiger partial charge is 0.0541 e. The minimum atomic E-state index is -0.0395. The zero-order chi connectivity index (χ0) is 12.3. The molecule has 0 aromatic carbocycles. The molecule has 0 aromatic heterocycles. The van der Waals surface area contributed by atoms with Crippen LogP contribution in [0.25, 0.3) is 0 Å². The van der Waals surface area contributed by atoms with Crippen molar-refractivity contribution in [1.82, 2.24) is 10.2 Å². The maximum absolute atomic E-state index is 9.51. The summed E-state index contributed by atoms with van der Waals surface area (Å²) in [5.74, 6) is 0. The van der Waals surface area contributed by atoms with Crippen molar-refractivity contribution in [2.24, 2.45) is 0 Å². The van der Waals surface area contributed by atoms with Crippen molar-refractivity contribution in [3.05, 3.63) is 0 Å². The first-order valence-corrected chi connectivity index (χ1v) is 7.21. The van der Waals surface area contributed by atoms with Gasteiger partial charge in [0.05, 0.1) is 6.10 Å². The van der Waals surface area contributed by atoms with Crippen LogP contribution in [0.5, 0.6) is 0 Å². The molecule has 2 rings (SSSR count). The van der Waals surface area contributed by atoms with Crippen LogP contribution < -0.4 is 5.32 Å². The Morgan fingerprint density at radius 3 is 2.24 bits per heavy atom. The summed E-state index contributed by atoms with van der Waals surface area (Å²) in [6.07, 6.45) is 9.63. The molecule has 3 nitrogen and oxygen atoms in total. The number of nitrogens with zero attached hydrogens (tertiary/aromatic N) is 1. The molecule has 2 aliphatic rings. The fourth-order valence-electron chi connectivity index (χ4n) is 3.43. The van der Waals surface area contributed by atoms with Crippen molar-refractivity contribution in [3.8, 4) is 0 Å². The Morgan fingerprint density at radius 1 is 1.12 bits per heavy atom. The number of likely N-dealkylation sites (N-methyl/N-ethyl adjacent to an activating group) is 1. The van der Waals surface area contributed by atoms with E-state index in [-0.39, 0.29) is 6.10 Å². The van der Waals surface area contributed by atoms with E-state index in [9.17, 15) is 5.11 Å². The van der Waals surface area contributed by atoms with Crippen LogP contribution in [0.4, 0.5) is 0 Å². The van der Waals surface area contributed by atoms with Gasteiger partial charge >= 0.3 is 0 Å². The third-order valence-electron chi connectivity index (χ3n) is 4.90. The predicted molar refractivity (Wildman–Crippen MR) is 71.2 cm³/mol. The molecule has 2 saturated carbocycles. The number of rotatable bonds is 4. The fourth-order valence-corrected chi connectivity index (χ4v) is 3.43. The molecule has 17 heavy (non-hydrogen) atoms. The Bertz CT molecular complexity index is 228. The molecule has 2 aliphatic carbocycles. The molecule has 0 aliphatic heterocycles. The highest BCUT2D eigenvalue weighted by Gasteiger charge is 2.36. The summed E-state index contributed by atoms with van der Waals surface area (Å²) in [5, 5.41) is 13.3. The summed E-state index contributed by atoms with van der Waals surface area (Å²) < 4.78 is 0. The van der Waals surface area contributed by atoms with Gasteiger partial charge in [-0.15, -0.1) is 0 Å². The van der Waals surface area contributed by atoms with E-state index < -0.39 is 0 Å². The predicted octanol–water partition coefficient (Wildman–Crippen LogP) is 1.75. The van der Waals surface area contributed by atoms with Gasteiger partial charge in [-0.05, 0) is 52.6 Å². The van der Waals surface area contributed by atoms with Gasteiger partial charge in [0.1, 0.15) is 0 Å². The number of aliphatic hydroxyl groups is 1. The van der Waals surface area contributed by atoms with Crippen LogP contribution in [0.3, 0.4) is 0 Å². The van der Waals surface area contributed by atoms with Gasteiger partial charge in [0.2, 0.25) is 0 Å². The van der Waals surface area contributed by atoms with E-state index in [1.165, 1.54) is 25.7 Å². The van der Waals surface area contributed by atoms with E-state index >= 15 is 0 Å². The van der Waals surface area contributed by atoms with E-state index in [4.69, 9.17) is 0 Å². The summed E-state index contributed by atoms with van der Waals surface area (Å²) in [5.41, 5.74) is 0.399. The van der Waals surface area contributed by atoms with Crippen LogP contribution >= 0.6 is 0 Å². The quantitative estimate of drug-likeness (QED) is 0.786. The van der Waals surface area contributed by atoms with E-state index in [1.54, 1.807) is 0 Å². The Labute approximate surface area is 106 Å². The first-order valence-electron chi connectivity index (χ1n) is 7.21. The maximum Gasteiger partial charge on any atom is 0.0541 e. The van der Waals surface area contributed by atoms with Crippen molar-refractivity contribution in [3.63, 3.8) is 0 Å². The van der Waals surface area contributed by atoms with Gasteiger partial charge in [0.25, 0.3) is 0 Å². The lowest BCUT2D eigenvalue weighted by Crippen LogP contribution is -2.52. The van der Waals surface area contributed by atoms with Crippen LogP contribution in [-0.4, -0.2) is 48.3 Å². The third kappa shape index (κ3) is 3.21. The molecule has 100 valence electrons. The third-order valence-corrected chi connectivity index (χ3v) is 4.90. The number of nitrogens with one attached hydrogen (secondary N) is 1. The van der Waals surface area contributed by atoms with Gasteiger partial charge < -0.3 is 15.3 Å². The number of hydrogen-bond donors (Lipinski definition) is 2. The molecule has 0 amide bonds. The second-order valence-corrected chi connectivity index (χ2v) is 6.21. The largest absolute Gasteiger partial charge is 0.393 e. The molecule has 0 spiro atoms. The second-order valence-electron chi connectivity index (χ2n) is 6.21. The van der Waals surface area contributed by atoms with Gasteiger partial charge in [-0.25, -0.2) is 0 Å². The molecular formula is C14H28N2O. The van der Waals surface area contributed by atoms with Gasteiger partial charge in [0.15, 0.2) is 0 Å². The Balaban J connectivity index is 1.80. The molecule has 2 fully saturated rings. The van der Waals surface area contributed by atoms with Crippen molar-refractivity contribution in [2.75, 3.05) is 20.6 Å². The molecule has 0 atom stereocenters. The normalized spacial score (nSPS) is 33.2. The summed E-state index contributed by atoms with van der Waals surface area (Å²) in [4.78, 5) is 2.42. The molecule has 0 unspecified atom stereocenters. The maximum atomic E-state index is 9.51. The average Bonchev–Trinajstić information content (AvgIpc) is 2.78. The lowest BCUT2D eigenvalue weighted by atomic mass is 9.91. The molecule has 3 heteroatoms. The van der Waals surface area contributed by atoms with Crippen molar-refractivity contribution in [2.45, 2.75) is 69.1 Å². The van der Waals surface area contributed by atoms with Crippen molar-refractivity contribution in [1.29, 1.82) is 0 Å². The molecule has 0 heterocycles. The molecule has 2 N–H and O–H groups in total. The Kier molecular flexibility index (Phi) is 4.45. The summed E-state index contributed by atoms with van der Waals surface area (Å²) in [7, 11) is 4.44. The molecule has 0 aromatic rings. The highest BCUT2D eigenvalue weighted by atomic mass is 16.3. The van der Waals surface area contributed by atoms with E-state index in [0.717, 1.165) is 32.2 Å². The first-order chi connectivity index (χ1) is 8.12. The van der Waals surface area contributed by atoms with E-state index in [0.29, 0.717) is 11.6 Å². The highest BCUT2D eigenvalue weighted by molar-refractivity contribution is 4.95. The molecule has 0 saturated heterocycles. The molecular weight excluding hydrogens is 212 g/mol. The van der Waals surface area contributed by atoms with Crippen LogP contribution in [0.1, 0.15) is 51.4 Å². The van der Waals surface area contributed by atoms with E-state index in [1.807, 2.05) is 0 Å². The average molecular weight is 240 g/mol. The lowest BCUT2D eigenvalue weighted by molar-refractivity contribution is 0.105. The van der Waals surface area contributed by atoms with Gasteiger partial charge in [-0.2, -0.15) is 0 Å². The molecule has 0 radical (unpaired) electrons. The van der Waals surface area contributed by atoms with Crippen LogP contribution in [0.2, 0.25) is 0 Å². The summed E-state index contributed by atoms with van der Waals surface area (Å²) in [6.45, 7) is 1.13. The number of hydrogen-bond acceptors (Lipinski definition) is 3. The summed E-state index contributed by atoms with van der Waals surface area (Å²) >= 11 is 0. The van der Waals surface area contributed by atoms with Gasteiger partial charge in [-0.3, -0.25) is 0 Å². The van der Waals surface area contributed by atoms with Crippen LogP contribution in [0.15, 0.2) is 0 Å². The zero-order valence-corrected chi connectivity index (χ0v) is 11.4. The van der Waals surface area contributed by atoms with Crippen LogP contribution in [0, 0.1) is 0 Å². The Hall–Kier alpha value is -0.120. The first kappa shape index (κ1) is 13.3. The zero-order valence-electron chi connectivity index (χ0n) is 11.4. The monoisotopic (exact) mass is 240 g/mol. The van der Waals surface area contributed by atoms with Gasteiger partial charge in [0, 0.05) is 18.1 Å². The van der Waals surface area contributed by atoms with Crippen LogP contribution in [-0.2, 0) is 0 Å². The number of aliphatic hydroxyl groups excluding tert-OH is 1. The molecule has 0 bridgehead atoms. The summed E-state index contributed by atoms with van der Waals surface area (Å²) in [6, 6.07) is 0.635. The Morgan fingerprint density at radius 2 is 1.71 bits per heavy atom. The van der Waals surface area contributed by atoms with Crippen molar-refractivity contribution < 1.29 is 5.11 Å². The highest BCUT2D eigenvalue weighted by Crippen LogP contribution is 2.33. The fraction of sp³-hybridized carbons (Fsp3) is 1.00. The SMILES string of the molecule is CN(C)C1(CNC2CCC(O)CC2)CCCC1. The minimum absolute atomic E-state index is 0.0395. The second kappa shape index (κ2) is 5.68. The standard InChI is InChI=1S/C14H28N2O/c1-16(2)14(9-3-4-10-14)11-15-12-5-7-13(17)8-6-12/h12-13,15,17H,3-11H2,1-2H3. The topological polar surface area (TPSA) is 35.5 Å².